The largest absolute Gasteiger partial charge is 0.416 e. The summed E-state index contributed by atoms with van der Waals surface area (Å²) in [7, 11) is 0. The van der Waals surface area contributed by atoms with Gasteiger partial charge in [0, 0.05) is 29.3 Å². The summed E-state index contributed by atoms with van der Waals surface area (Å²) in [5, 5.41) is 5.87. The molecule has 2 aromatic carbocycles. The third kappa shape index (κ3) is 6.48. The Labute approximate surface area is 225 Å². The first-order valence-electron chi connectivity index (χ1n) is 11.0. The number of amides is 3. The minimum atomic E-state index is -4.90. The maximum absolute atomic E-state index is 14.8. The Bertz CT molecular complexity index is 1610. The molecule has 3 amide bonds. The Morgan fingerprint density at radius 2 is 1.75 bits per heavy atom. The van der Waals surface area contributed by atoms with Gasteiger partial charge in [0.1, 0.15) is 17.5 Å². The van der Waals surface area contributed by atoms with Crippen molar-refractivity contribution in [3.8, 4) is 22.5 Å². The van der Waals surface area contributed by atoms with Crippen molar-refractivity contribution in [2.45, 2.75) is 19.6 Å². The van der Waals surface area contributed by atoms with Crippen molar-refractivity contribution in [1.82, 2.24) is 31.3 Å². The highest BCUT2D eigenvalue weighted by Crippen LogP contribution is 2.35. The highest BCUT2D eigenvalue weighted by atomic mass is 35.5. The molecule has 0 radical (unpaired) electrons. The van der Waals surface area contributed by atoms with Crippen LogP contribution in [0.2, 0.25) is 5.02 Å². The topological polar surface area (TPSA) is 122 Å². The van der Waals surface area contributed by atoms with Gasteiger partial charge in [-0.15, -0.1) is 0 Å². The zero-order valence-corrected chi connectivity index (χ0v) is 20.7. The second-order valence-corrected chi connectivity index (χ2v) is 8.52. The van der Waals surface area contributed by atoms with Crippen molar-refractivity contribution in [3.63, 3.8) is 0 Å². The van der Waals surface area contributed by atoms with E-state index in [1.807, 2.05) is 5.43 Å². The van der Waals surface area contributed by atoms with E-state index in [-0.39, 0.29) is 45.2 Å². The highest BCUT2D eigenvalue weighted by Gasteiger charge is 2.32. The molecule has 0 bridgehead atoms. The van der Waals surface area contributed by atoms with Crippen molar-refractivity contribution in [3.05, 3.63) is 87.8 Å². The summed E-state index contributed by atoms with van der Waals surface area (Å²) in [4.78, 5) is 32.0. The first-order chi connectivity index (χ1) is 18.8. The maximum atomic E-state index is 14.8. The molecule has 4 rings (SSSR count). The van der Waals surface area contributed by atoms with Crippen LogP contribution in [0.4, 0.5) is 31.1 Å². The number of aromatic nitrogens is 3. The zero-order chi connectivity index (χ0) is 29.2. The monoisotopic (exact) mass is 584 g/mol. The molecule has 2 aromatic heterocycles. The number of carbonyl (C=O) groups excluding carboxylic acids is 2. The molecule has 0 aliphatic heterocycles. The smallest absolute Gasteiger partial charge is 0.339 e. The molecular formula is C24H15ClF6N6O3. The number of pyridine rings is 1. The molecule has 40 heavy (non-hydrogen) atoms. The summed E-state index contributed by atoms with van der Waals surface area (Å²) < 4.78 is 86.4. The maximum Gasteiger partial charge on any atom is 0.416 e. The first kappa shape index (κ1) is 28.4. The fraction of sp³-hybridized carbons (Fsp3) is 0.125. The van der Waals surface area contributed by atoms with E-state index in [4.69, 9.17) is 16.1 Å². The van der Waals surface area contributed by atoms with Gasteiger partial charge in [0.05, 0.1) is 23.4 Å². The lowest BCUT2D eigenvalue weighted by molar-refractivity contribution is -0.137. The van der Waals surface area contributed by atoms with E-state index < -0.39 is 53.2 Å². The van der Waals surface area contributed by atoms with Gasteiger partial charge in [-0.05, 0) is 42.0 Å². The van der Waals surface area contributed by atoms with Crippen LogP contribution < -0.4 is 16.2 Å². The molecule has 0 spiro atoms. The van der Waals surface area contributed by atoms with E-state index in [1.54, 1.807) is 5.43 Å². The Morgan fingerprint density at radius 3 is 2.40 bits per heavy atom. The summed E-state index contributed by atoms with van der Waals surface area (Å²) >= 11 is 5.98. The fourth-order valence-electron chi connectivity index (χ4n) is 3.45. The normalized spacial score (nSPS) is 11.3. The number of hydrogen-bond donors (Lipinski definition) is 3. The summed E-state index contributed by atoms with van der Waals surface area (Å²) in [6.45, 7) is 1.01. The minimum Gasteiger partial charge on any atom is -0.339 e. The molecule has 0 atom stereocenters. The number of hydrazine groups is 1. The second-order valence-electron chi connectivity index (χ2n) is 8.09. The Hall–Kier alpha value is -4.66. The van der Waals surface area contributed by atoms with Gasteiger partial charge in [-0.2, -0.15) is 18.2 Å². The van der Waals surface area contributed by atoms with Gasteiger partial charge in [0.25, 0.3) is 5.91 Å². The number of rotatable bonds is 5. The average Bonchev–Trinajstić information content (AvgIpc) is 3.30. The van der Waals surface area contributed by atoms with Crippen LogP contribution in [0.25, 0.3) is 22.5 Å². The van der Waals surface area contributed by atoms with Crippen LogP contribution in [0.1, 0.15) is 27.5 Å². The van der Waals surface area contributed by atoms with E-state index >= 15 is 0 Å². The van der Waals surface area contributed by atoms with Crippen LogP contribution in [0.15, 0.2) is 47.1 Å². The molecule has 9 nitrogen and oxygen atoms in total. The number of benzene rings is 2. The van der Waals surface area contributed by atoms with Gasteiger partial charge in [-0.3, -0.25) is 15.2 Å². The number of nitrogens with one attached hydrogen (secondary N) is 3. The third-order valence-electron chi connectivity index (χ3n) is 5.23. The quantitative estimate of drug-likeness (QED) is 0.215. The lowest BCUT2D eigenvalue weighted by atomic mass is 9.99. The Kier molecular flexibility index (Phi) is 7.95. The van der Waals surface area contributed by atoms with E-state index in [9.17, 15) is 35.9 Å². The zero-order valence-electron chi connectivity index (χ0n) is 20.0. The first-order valence-corrected chi connectivity index (χ1v) is 11.4. The number of halogens is 7. The molecule has 2 heterocycles. The third-order valence-corrected chi connectivity index (χ3v) is 5.45. The van der Waals surface area contributed by atoms with Crippen molar-refractivity contribution in [2.24, 2.45) is 0 Å². The molecule has 3 N–H and O–H groups in total. The average molecular weight is 585 g/mol. The second kappa shape index (κ2) is 11.2. The van der Waals surface area contributed by atoms with Crippen LogP contribution in [-0.4, -0.2) is 27.1 Å². The molecular weight excluding hydrogens is 570 g/mol. The number of urea groups is 1. The molecule has 16 heteroatoms. The number of alkyl halides is 3. The number of carbonyl (C=O) groups is 2. The summed E-state index contributed by atoms with van der Waals surface area (Å²) in [5.74, 6) is -4.18. The summed E-state index contributed by atoms with van der Waals surface area (Å²) in [6, 6.07) is 3.45. The van der Waals surface area contributed by atoms with Gasteiger partial charge in [-0.1, -0.05) is 16.8 Å². The summed E-state index contributed by atoms with van der Waals surface area (Å²) in [6.07, 6.45) is -3.72. The molecule has 0 saturated carbocycles. The highest BCUT2D eigenvalue weighted by molar-refractivity contribution is 6.31. The van der Waals surface area contributed by atoms with Crippen molar-refractivity contribution in [2.75, 3.05) is 0 Å². The SMILES string of the molecule is Cc1nc(-c2c(F)cc(Cl)cc2-c2cnc(CNC(=O)NNC(=O)c3cc(F)cc(C(F)(F)F)c3)c(F)c2)no1. The van der Waals surface area contributed by atoms with Crippen LogP contribution in [0, 0.1) is 24.4 Å². The molecule has 0 saturated heterocycles. The molecule has 4 aromatic rings. The van der Waals surface area contributed by atoms with Gasteiger partial charge >= 0.3 is 12.2 Å². The molecule has 0 unspecified atom stereocenters. The Morgan fingerprint density at radius 1 is 1.00 bits per heavy atom. The predicted octanol–water partition coefficient (Wildman–Crippen LogP) is 5.34. The van der Waals surface area contributed by atoms with Crippen LogP contribution >= 0.6 is 11.6 Å². The summed E-state index contributed by atoms with van der Waals surface area (Å²) in [5.41, 5.74) is 1.39. The Balaban J connectivity index is 1.43. The van der Waals surface area contributed by atoms with Crippen LogP contribution in [0.3, 0.4) is 0 Å². The standard InChI is InChI=1S/C24H15ClF6N6O3/c1-10-34-21(37-40-10)20-16(6-14(25)7-18(20)28)12-4-17(27)19(32-8-12)9-33-23(39)36-35-22(38)11-2-13(24(29,30)31)5-15(26)3-11/h2-8H,9H2,1H3,(H,35,38)(H2,33,36,39). The van der Waals surface area contributed by atoms with E-state index in [1.165, 1.54) is 19.2 Å². The molecule has 0 aliphatic rings. The van der Waals surface area contributed by atoms with Crippen molar-refractivity contribution in [1.29, 1.82) is 0 Å². The number of hydrogen-bond acceptors (Lipinski definition) is 6. The predicted molar refractivity (Wildman–Crippen MR) is 127 cm³/mol. The van der Waals surface area contributed by atoms with Crippen LogP contribution in [-0.2, 0) is 12.7 Å². The van der Waals surface area contributed by atoms with Gasteiger partial charge < -0.3 is 9.84 Å². The van der Waals surface area contributed by atoms with E-state index in [0.717, 1.165) is 12.1 Å². The van der Waals surface area contributed by atoms with E-state index in [2.05, 4.69) is 20.4 Å². The molecule has 0 fully saturated rings. The number of nitrogens with zero attached hydrogens (tertiary/aromatic N) is 3. The van der Waals surface area contributed by atoms with Gasteiger partial charge in [0.15, 0.2) is 0 Å². The van der Waals surface area contributed by atoms with Crippen molar-refractivity contribution < 1.29 is 40.5 Å². The lowest BCUT2D eigenvalue weighted by Crippen LogP contribution is -2.46. The molecule has 0 aliphatic carbocycles. The van der Waals surface area contributed by atoms with E-state index in [0.29, 0.717) is 12.1 Å². The van der Waals surface area contributed by atoms with Gasteiger partial charge in [-0.25, -0.2) is 23.4 Å². The van der Waals surface area contributed by atoms with Gasteiger partial charge in [0.2, 0.25) is 11.7 Å². The fourth-order valence-corrected chi connectivity index (χ4v) is 3.66. The van der Waals surface area contributed by atoms with Crippen LogP contribution in [0.5, 0.6) is 0 Å². The molecule has 208 valence electrons. The lowest BCUT2D eigenvalue weighted by Gasteiger charge is -2.12. The van der Waals surface area contributed by atoms with Crippen molar-refractivity contribution >= 4 is 23.5 Å². The minimum absolute atomic E-state index is 0.00853. The number of aryl methyl sites for hydroxylation is 1.